The quantitative estimate of drug-likeness (QED) is 0.554. The first-order valence-corrected chi connectivity index (χ1v) is 7.78. The Morgan fingerprint density at radius 1 is 1.39 bits per heavy atom. The van der Waals surface area contributed by atoms with E-state index >= 15 is 0 Å². The first-order chi connectivity index (χ1) is 8.24. The summed E-state index contributed by atoms with van der Waals surface area (Å²) in [5, 5.41) is 0. The maximum Gasteiger partial charge on any atom is 0.446 e. The van der Waals surface area contributed by atoms with Crippen molar-refractivity contribution in [2.75, 3.05) is 6.26 Å². The van der Waals surface area contributed by atoms with E-state index in [2.05, 4.69) is 15.9 Å². The largest absolute Gasteiger partial charge is 0.446 e. The number of alkyl halides is 4. The second kappa shape index (κ2) is 6.34. The first kappa shape index (κ1) is 15.9. The monoisotopic (exact) mass is 358 g/mol. The molecule has 100 valence electrons. The van der Waals surface area contributed by atoms with E-state index in [1.807, 2.05) is 0 Å². The normalized spacial score (nSPS) is 13.4. The lowest BCUT2D eigenvalue weighted by Crippen LogP contribution is -2.03. The number of rotatable bonds is 4. The summed E-state index contributed by atoms with van der Waals surface area (Å²) in [6.45, 7) is 1.43. The second-order valence-corrected chi connectivity index (χ2v) is 6.33. The first-order valence-electron chi connectivity index (χ1n) is 4.83. The van der Waals surface area contributed by atoms with Gasteiger partial charge in [0, 0.05) is 9.79 Å². The van der Waals surface area contributed by atoms with E-state index in [0.717, 1.165) is 0 Å². The van der Waals surface area contributed by atoms with Crippen molar-refractivity contribution in [2.24, 2.45) is 0 Å². The molecule has 0 aromatic heterocycles. The van der Waals surface area contributed by atoms with E-state index in [4.69, 9.17) is 0 Å². The molecule has 0 aliphatic heterocycles. The van der Waals surface area contributed by atoms with Gasteiger partial charge in [0.2, 0.25) is 0 Å². The number of carbonyl (C=O) groups excluding carboxylic acids is 1. The van der Waals surface area contributed by atoms with Crippen LogP contribution in [-0.2, 0) is 4.79 Å². The number of hydrogen-bond acceptors (Lipinski definition) is 3. The van der Waals surface area contributed by atoms with Crippen molar-refractivity contribution in [3.63, 3.8) is 0 Å². The fourth-order valence-corrected chi connectivity index (χ4v) is 3.19. The zero-order valence-corrected chi connectivity index (χ0v) is 12.8. The fourth-order valence-electron chi connectivity index (χ4n) is 1.32. The summed E-state index contributed by atoms with van der Waals surface area (Å²) in [6, 6.07) is 4.39. The van der Waals surface area contributed by atoms with Crippen LogP contribution in [-0.4, -0.2) is 17.5 Å². The lowest BCUT2D eigenvalue weighted by molar-refractivity contribution is -0.116. The van der Waals surface area contributed by atoms with Crippen LogP contribution < -0.4 is 0 Å². The van der Waals surface area contributed by atoms with Gasteiger partial charge in [0.15, 0.2) is 0 Å². The average Bonchev–Trinajstić information content (AvgIpc) is 2.25. The average molecular weight is 359 g/mol. The molecule has 0 heterocycles. The van der Waals surface area contributed by atoms with Crippen LogP contribution in [0.25, 0.3) is 0 Å². The highest BCUT2D eigenvalue weighted by Crippen LogP contribution is 2.40. The van der Waals surface area contributed by atoms with E-state index < -0.39 is 10.3 Å². The van der Waals surface area contributed by atoms with Crippen LogP contribution in [0.3, 0.4) is 0 Å². The molecule has 0 radical (unpaired) electrons. The lowest BCUT2D eigenvalue weighted by Gasteiger charge is -2.13. The minimum Gasteiger partial charge on any atom is -0.298 e. The van der Waals surface area contributed by atoms with Crippen molar-refractivity contribution in [3.8, 4) is 0 Å². The Labute approximate surface area is 120 Å². The molecule has 0 saturated carbocycles. The highest BCUT2D eigenvalue weighted by molar-refractivity contribution is 9.09. The number of halogens is 4. The molecule has 7 heteroatoms. The maximum atomic E-state index is 12.3. The van der Waals surface area contributed by atoms with Gasteiger partial charge in [-0.25, -0.2) is 0 Å². The number of carbonyl (C=O) groups is 1. The van der Waals surface area contributed by atoms with E-state index in [0.29, 0.717) is 10.5 Å². The molecule has 0 aliphatic rings. The zero-order chi connectivity index (χ0) is 13.9. The van der Waals surface area contributed by atoms with Gasteiger partial charge in [-0.1, -0.05) is 22.0 Å². The van der Waals surface area contributed by atoms with Crippen molar-refractivity contribution in [1.82, 2.24) is 0 Å². The van der Waals surface area contributed by atoms with Gasteiger partial charge in [0.25, 0.3) is 0 Å². The Morgan fingerprint density at radius 2 is 2.00 bits per heavy atom. The van der Waals surface area contributed by atoms with E-state index in [-0.39, 0.29) is 22.4 Å². The van der Waals surface area contributed by atoms with Gasteiger partial charge in [-0.2, -0.15) is 13.2 Å². The van der Waals surface area contributed by atoms with Crippen molar-refractivity contribution < 1.29 is 18.0 Å². The molecular formula is C11H10BrF3OS2. The minimum absolute atomic E-state index is 0.0819. The maximum absolute atomic E-state index is 12.3. The smallest absolute Gasteiger partial charge is 0.298 e. The Morgan fingerprint density at radius 3 is 2.44 bits per heavy atom. The molecule has 0 saturated heterocycles. The SMILES string of the molecule is CSc1cc(SC(F)(F)F)ccc1C(Br)C(C)=O. The molecule has 1 aromatic rings. The Balaban J connectivity index is 3.07. The van der Waals surface area contributed by atoms with Crippen LogP contribution in [0.4, 0.5) is 13.2 Å². The third-order valence-corrected chi connectivity index (χ3v) is 4.72. The highest BCUT2D eigenvalue weighted by Gasteiger charge is 2.29. The number of ketones is 1. The fraction of sp³-hybridized carbons (Fsp3) is 0.364. The molecule has 1 rings (SSSR count). The van der Waals surface area contributed by atoms with Gasteiger partial charge >= 0.3 is 5.51 Å². The van der Waals surface area contributed by atoms with Crippen LogP contribution in [0.5, 0.6) is 0 Å². The summed E-state index contributed by atoms with van der Waals surface area (Å²) in [6.07, 6.45) is 1.76. The molecule has 0 bridgehead atoms. The molecule has 1 aromatic carbocycles. The number of thioether (sulfide) groups is 2. The predicted octanol–water partition coefficient (Wildman–Crippen LogP) is 5.05. The molecular weight excluding hydrogens is 349 g/mol. The Kier molecular flexibility index (Phi) is 5.61. The van der Waals surface area contributed by atoms with Crippen LogP contribution in [0.15, 0.2) is 28.0 Å². The summed E-state index contributed by atoms with van der Waals surface area (Å²) in [5.74, 6) is -0.0819. The Bertz CT molecular complexity index is 448. The molecule has 1 atom stereocenters. The minimum atomic E-state index is -4.30. The highest BCUT2D eigenvalue weighted by atomic mass is 79.9. The standard InChI is InChI=1S/C11H10BrF3OS2/c1-6(16)10(12)8-4-3-7(5-9(8)17-2)18-11(13,14)15/h3-5,10H,1-2H3. The third-order valence-electron chi connectivity index (χ3n) is 2.07. The van der Waals surface area contributed by atoms with Crippen LogP contribution >= 0.6 is 39.5 Å². The van der Waals surface area contributed by atoms with Gasteiger partial charge < -0.3 is 0 Å². The van der Waals surface area contributed by atoms with E-state index in [1.165, 1.54) is 30.8 Å². The molecule has 18 heavy (non-hydrogen) atoms. The molecule has 0 aliphatic carbocycles. The second-order valence-electron chi connectivity index (χ2n) is 3.42. The lowest BCUT2D eigenvalue weighted by atomic mass is 10.1. The summed E-state index contributed by atoms with van der Waals surface area (Å²) >= 11 is 4.40. The molecule has 0 amide bonds. The van der Waals surface area contributed by atoms with Gasteiger partial charge in [0.05, 0.1) is 4.83 Å². The number of benzene rings is 1. The van der Waals surface area contributed by atoms with E-state index in [1.54, 1.807) is 12.3 Å². The van der Waals surface area contributed by atoms with Crippen molar-refractivity contribution in [1.29, 1.82) is 0 Å². The molecule has 0 fully saturated rings. The van der Waals surface area contributed by atoms with Gasteiger partial charge in [-0.3, -0.25) is 4.79 Å². The van der Waals surface area contributed by atoms with E-state index in [9.17, 15) is 18.0 Å². The molecule has 1 unspecified atom stereocenters. The molecule has 1 nitrogen and oxygen atoms in total. The van der Waals surface area contributed by atoms with Crippen LogP contribution in [0.1, 0.15) is 17.3 Å². The molecule has 0 N–H and O–H groups in total. The van der Waals surface area contributed by atoms with Gasteiger partial charge in [-0.15, -0.1) is 11.8 Å². The Hall–Kier alpha value is -0.140. The van der Waals surface area contributed by atoms with Crippen LogP contribution in [0.2, 0.25) is 0 Å². The van der Waals surface area contributed by atoms with Crippen molar-refractivity contribution in [3.05, 3.63) is 23.8 Å². The third kappa shape index (κ3) is 4.51. The summed E-state index contributed by atoms with van der Waals surface area (Å²) in [7, 11) is 0. The van der Waals surface area contributed by atoms with Crippen LogP contribution in [0, 0.1) is 0 Å². The number of hydrogen-bond donors (Lipinski definition) is 0. The summed E-state index contributed by atoms with van der Waals surface area (Å²) in [4.78, 5) is 11.6. The summed E-state index contributed by atoms with van der Waals surface area (Å²) in [5.41, 5.74) is -3.60. The number of Topliss-reactive ketones (excluding diaryl/α,β-unsaturated/α-hetero) is 1. The van der Waals surface area contributed by atoms with Gasteiger partial charge in [0.1, 0.15) is 5.78 Å². The van der Waals surface area contributed by atoms with Gasteiger partial charge in [-0.05, 0) is 42.6 Å². The molecule has 0 spiro atoms. The summed E-state index contributed by atoms with van der Waals surface area (Å²) < 4.78 is 36.8. The van der Waals surface area contributed by atoms with Crippen molar-refractivity contribution in [2.45, 2.75) is 27.1 Å². The predicted molar refractivity (Wildman–Crippen MR) is 72.5 cm³/mol. The zero-order valence-electron chi connectivity index (χ0n) is 9.55. The topological polar surface area (TPSA) is 17.1 Å². The van der Waals surface area contributed by atoms with Crippen molar-refractivity contribution >= 4 is 45.2 Å².